The molecule has 0 aromatic heterocycles. The number of esters is 1. The van der Waals surface area contributed by atoms with Crippen molar-refractivity contribution in [3.05, 3.63) is 39.9 Å². The number of rotatable bonds is 7. The molecule has 0 heterocycles. The van der Waals surface area contributed by atoms with Crippen LogP contribution in [0.3, 0.4) is 0 Å². The van der Waals surface area contributed by atoms with E-state index in [9.17, 15) is 14.9 Å². The summed E-state index contributed by atoms with van der Waals surface area (Å²) in [4.78, 5) is 22.1. The Morgan fingerprint density at radius 3 is 2.52 bits per heavy atom. The number of nitro groups is 1. The third-order valence-corrected chi connectivity index (χ3v) is 4.30. The van der Waals surface area contributed by atoms with Crippen LogP contribution in [0, 0.1) is 10.1 Å². The van der Waals surface area contributed by atoms with Crippen molar-refractivity contribution in [2.24, 2.45) is 0 Å². The van der Waals surface area contributed by atoms with Crippen LogP contribution in [-0.2, 0) is 4.74 Å². The van der Waals surface area contributed by atoms with E-state index in [1.807, 2.05) is 0 Å². The van der Waals surface area contributed by atoms with E-state index < -0.39 is 10.9 Å². The molecule has 1 fully saturated rings. The van der Waals surface area contributed by atoms with Gasteiger partial charge in [0.2, 0.25) is 0 Å². The number of ether oxygens (including phenoxy) is 1. The average Bonchev–Trinajstić information content (AvgIpc) is 2.59. The fourth-order valence-electron chi connectivity index (χ4n) is 2.87. The molecule has 1 aromatic carbocycles. The quantitative estimate of drug-likeness (QED) is 0.473. The van der Waals surface area contributed by atoms with Crippen molar-refractivity contribution in [2.45, 2.75) is 57.5 Å². The van der Waals surface area contributed by atoms with E-state index in [0.29, 0.717) is 18.2 Å². The zero-order valence-electron chi connectivity index (χ0n) is 13.5. The van der Waals surface area contributed by atoms with E-state index in [0.717, 1.165) is 6.42 Å². The third kappa shape index (κ3) is 5.32. The second kappa shape index (κ2) is 8.62. The lowest BCUT2D eigenvalue weighted by Crippen LogP contribution is -2.42. The van der Waals surface area contributed by atoms with Crippen molar-refractivity contribution in [3.63, 3.8) is 0 Å². The molecule has 1 atom stereocenters. The van der Waals surface area contributed by atoms with Gasteiger partial charge < -0.3 is 10.1 Å². The second-order valence-electron chi connectivity index (χ2n) is 6.01. The lowest BCUT2D eigenvalue weighted by atomic mass is 9.95. The molecule has 0 amide bonds. The number of nitro benzene ring substituents is 1. The topological polar surface area (TPSA) is 81.5 Å². The Balaban J connectivity index is 1.82. The number of nitrogens with zero attached hydrogens (tertiary/aromatic N) is 1. The van der Waals surface area contributed by atoms with Crippen molar-refractivity contribution in [3.8, 4) is 0 Å². The van der Waals surface area contributed by atoms with E-state index in [-0.39, 0.29) is 11.7 Å². The molecule has 0 bridgehead atoms. The molecule has 23 heavy (non-hydrogen) atoms. The molecular weight excluding hydrogens is 296 g/mol. The van der Waals surface area contributed by atoms with Gasteiger partial charge in [-0.15, -0.1) is 0 Å². The summed E-state index contributed by atoms with van der Waals surface area (Å²) in [6.07, 6.45) is 7.10. The number of non-ortho nitro benzene ring substituents is 1. The summed E-state index contributed by atoms with van der Waals surface area (Å²) in [7, 11) is 0. The summed E-state index contributed by atoms with van der Waals surface area (Å²) < 4.78 is 5.35. The van der Waals surface area contributed by atoms with Gasteiger partial charge in [-0.05, 0) is 31.4 Å². The Morgan fingerprint density at radius 2 is 1.96 bits per heavy atom. The molecule has 6 nitrogen and oxygen atoms in total. The van der Waals surface area contributed by atoms with Gasteiger partial charge in [0.25, 0.3) is 5.69 Å². The van der Waals surface area contributed by atoms with E-state index in [1.54, 1.807) is 0 Å². The molecule has 0 aliphatic heterocycles. The van der Waals surface area contributed by atoms with Crippen LogP contribution < -0.4 is 5.32 Å². The highest BCUT2D eigenvalue weighted by atomic mass is 16.6. The van der Waals surface area contributed by atoms with Crippen LogP contribution in [-0.4, -0.2) is 29.6 Å². The predicted molar refractivity (Wildman–Crippen MR) is 87.5 cm³/mol. The van der Waals surface area contributed by atoms with Gasteiger partial charge in [0, 0.05) is 24.2 Å². The van der Waals surface area contributed by atoms with Gasteiger partial charge >= 0.3 is 5.97 Å². The van der Waals surface area contributed by atoms with Crippen molar-refractivity contribution in [1.29, 1.82) is 0 Å². The number of benzene rings is 1. The minimum absolute atomic E-state index is 0.0352. The molecule has 1 unspecified atom stereocenters. The monoisotopic (exact) mass is 320 g/mol. The molecule has 2 rings (SSSR count). The largest absolute Gasteiger partial charge is 0.460 e. The molecular formula is C17H24N2O4. The summed E-state index contributed by atoms with van der Waals surface area (Å²) in [5.74, 6) is -0.441. The first-order valence-corrected chi connectivity index (χ1v) is 8.27. The number of carbonyl (C=O) groups excluding carboxylic acids is 1. The normalized spacial score (nSPS) is 16.7. The Hall–Kier alpha value is -1.95. The summed E-state index contributed by atoms with van der Waals surface area (Å²) in [6.45, 7) is 2.39. The molecule has 0 saturated heterocycles. The highest BCUT2D eigenvalue weighted by molar-refractivity contribution is 5.89. The minimum Gasteiger partial charge on any atom is -0.460 e. The van der Waals surface area contributed by atoms with Crippen LogP contribution >= 0.6 is 0 Å². The van der Waals surface area contributed by atoms with E-state index in [4.69, 9.17) is 4.74 Å². The zero-order valence-corrected chi connectivity index (χ0v) is 13.5. The lowest BCUT2D eigenvalue weighted by molar-refractivity contribution is -0.384. The predicted octanol–water partition coefficient (Wildman–Crippen LogP) is 3.45. The van der Waals surface area contributed by atoms with Crippen molar-refractivity contribution >= 4 is 11.7 Å². The van der Waals surface area contributed by atoms with Crippen molar-refractivity contribution in [1.82, 2.24) is 5.32 Å². The van der Waals surface area contributed by atoms with Crippen molar-refractivity contribution < 1.29 is 14.5 Å². The van der Waals surface area contributed by atoms with Gasteiger partial charge in [0.15, 0.2) is 0 Å². The third-order valence-electron chi connectivity index (χ3n) is 4.30. The molecule has 126 valence electrons. The fourth-order valence-corrected chi connectivity index (χ4v) is 2.87. The van der Waals surface area contributed by atoms with Gasteiger partial charge in [-0.1, -0.05) is 26.2 Å². The van der Waals surface area contributed by atoms with E-state index in [1.165, 1.54) is 56.4 Å². The molecule has 1 aliphatic carbocycles. The summed E-state index contributed by atoms with van der Waals surface area (Å²) in [6, 6.07) is 6.15. The average molecular weight is 320 g/mol. The van der Waals surface area contributed by atoms with Crippen molar-refractivity contribution in [2.75, 3.05) is 6.61 Å². The van der Waals surface area contributed by atoms with Gasteiger partial charge in [-0.25, -0.2) is 4.79 Å². The van der Waals surface area contributed by atoms with E-state index >= 15 is 0 Å². The van der Waals surface area contributed by atoms with Gasteiger partial charge in [-0.2, -0.15) is 0 Å². The molecule has 0 radical (unpaired) electrons. The number of nitrogens with one attached hydrogen (secondary N) is 1. The maximum atomic E-state index is 12.0. The molecule has 1 saturated carbocycles. The van der Waals surface area contributed by atoms with Crippen LogP contribution in [0.1, 0.15) is 55.8 Å². The Bertz CT molecular complexity index is 524. The smallest absolute Gasteiger partial charge is 0.338 e. The van der Waals surface area contributed by atoms with Crippen LogP contribution in [0.2, 0.25) is 0 Å². The maximum Gasteiger partial charge on any atom is 0.338 e. The van der Waals surface area contributed by atoms with E-state index in [2.05, 4.69) is 12.2 Å². The van der Waals surface area contributed by atoms with Gasteiger partial charge in [0.1, 0.15) is 6.61 Å². The lowest BCUT2D eigenvalue weighted by Gasteiger charge is -2.27. The summed E-state index contributed by atoms with van der Waals surface area (Å²) in [5, 5.41) is 14.2. The number of hydrogen-bond acceptors (Lipinski definition) is 5. The standard InChI is InChI=1S/C17H24N2O4/c1-2-14(18-15-6-4-3-5-7-15)12-23-17(20)13-8-10-16(11-9-13)19(21)22/h8-11,14-15,18H,2-7,12H2,1H3. The Morgan fingerprint density at radius 1 is 1.30 bits per heavy atom. The zero-order chi connectivity index (χ0) is 16.7. The fraction of sp³-hybridized carbons (Fsp3) is 0.588. The van der Waals surface area contributed by atoms with Gasteiger partial charge in [0.05, 0.1) is 10.5 Å². The molecule has 1 N–H and O–H groups in total. The number of carbonyl (C=O) groups is 1. The summed E-state index contributed by atoms with van der Waals surface area (Å²) >= 11 is 0. The summed E-state index contributed by atoms with van der Waals surface area (Å²) in [5.41, 5.74) is 0.301. The first-order valence-electron chi connectivity index (χ1n) is 8.27. The van der Waals surface area contributed by atoms with Crippen LogP contribution in [0.5, 0.6) is 0 Å². The number of hydrogen-bond donors (Lipinski definition) is 1. The highest BCUT2D eigenvalue weighted by Gasteiger charge is 2.18. The Kier molecular flexibility index (Phi) is 6.52. The first kappa shape index (κ1) is 17.4. The van der Waals surface area contributed by atoms with Crippen LogP contribution in [0.25, 0.3) is 0 Å². The minimum atomic E-state index is -0.490. The van der Waals surface area contributed by atoms with Crippen LogP contribution in [0.15, 0.2) is 24.3 Å². The van der Waals surface area contributed by atoms with Crippen LogP contribution in [0.4, 0.5) is 5.69 Å². The van der Waals surface area contributed by atoms with Gasteiger partial charge in [-0.3, -0.25) is 10.1 Å². The Labute approximate surface area is 136 Å². The highest BCUT2D eigenvalue weighted by Crippen LogP contribution is 2.18. The molecule has 0 spiro atoms. The molecule has 1 aliphatic rings. The first-order chi connectivity index (χ1) is 11.1. The SMILES string of the molecule is CCC(COC(=O)c1ccc([N+](=O)[O-])cc1)NC1CCCCC1. The molecule has 1 aromatic rings. The molecule has 6 heteroatoms. The second-order valence-corrected chi connectivity index (χ2v) is 6.01. The maximum absolute atomic E-state index is 12.0.